The SMILES string of the molecule is Nc1cnc2ccc3c(c2c1N1CCN(c2ccccc2O)CC1)CCS3(=O)=O. The number of fused-ring (bicyclic) bond motifs is 3. The summed E-state index contributed by atoms with van der Waals surface area (Å²) in [6.07, 6.45) is 2.15. The van der Waals surface area contributed by atoms with Gasteiger partial charge in [0.05, 0.1) is 39.4 Å². The van der Waals surface area contributed by atoms with Crippen LogP contribution in [0.25, 0.3) is 10.9 Å². The second-order valence-corrected chi connectivity index (χ2v) is 9.61. The molecule has 0 bridgehead atoms. The molecular formula is C21H22N4O3S. The van der Waals surface area contributed by atoms with E-state index in [-0.39, 0.29) is 11.5 Å². The topological polar surface area (TPSA) is 99.8 Å². The van der Waals surface area contributed by atoms with Crippen LogP contribution < -0.4 is 15.5 Å². The summed E-state index contributed by atoms with van der Waals surface area (Å²) in [5.74, 6) is 0.411. The number of hydrogen-bond donors (Lipinski definition) is 2. The maximum atomic E-state index is 12.4. The number of anilines is 3. The van der Waals surface area contributed by atoms with E-state index in [9.17, 15) is 13.5 Å². The monoisotopic (exact) mass is 410 g/mol. The average molecular weight is 410 g/mol. The van der Waals surface area contributed by atoms with E-state index in [1.807, 2.05) is 18.2 Å². The fourth-order valence-electron chi connectivity index (χ4n) is 4.46. The molecule has 0 radical (unpaired) electrons. The number of piperazine rings is 1. The van der Waals surface area contributed by atoms with Gasteiger partial charge in [-0.25, -0.2) is 8.42 Å². The lowest BCUT2D eigenvalue weighted by Crippen LogP contribution is -2.46. The molecule has 0 saturated carbocycles. The first-order valence-corrected chi connectivity index (χ1v) is 11.3. The van der Waals surface area contributed by atoms with Gasteiger partial charge in [-0.1, -0.05) is 12.1 Å². The number of hydrogen-bond acceptors (Lipinski definition) is 7. The van der Waals surface area contributed by atoms with Crippen LogP contribution >= 0.6 is 0 Å². The van der Waals surface area contributed by atoms with Crippen molar-refractivity contribution in [1.29, 1.82) is 0 Å². The van der Waals surface area contributed by atoms with E-state index >= 15 is 0 Å². The Balaban J connectivity index is 1.54. The molecular weight excluding hydrogens is 388 g/mol. The van der Waals surface area contributed by atoms with Gasteiger partial charge < -0.3 is 20.6 Å². The highest BCUT2D eigenvalue weighted by molar-refractivity contribution is 7.91. The Morgan fingerprint density at radius 3 is 2.48 bits per heavy atom. The fourth-order valence-corrected chi connectivity index (χ4v) is 6.01. The lowest BCUT2D eigenvalue weighted by molar-refractivity contribution is 0.472. The average Bonchev–Trinajstić information content (AvgIpc) is 3.03. The van der Waals surface area contributed by atoms with Gasteiger partial charge in [0.2, 0.25) is 0 Å². The Hall–Kier alpha value is -3.00. The first-order chi connectivity index (χ1) is 14.0. The third-order valence-corrected chi connectivity index (χ3v) is 7.67. The van der Waals surface area contributed by atoms with Crippen molar-refractivity contribution in [3.8, 4) is 5.75 Å². The zero-order valence-electron chi connectivity index (χ0n) is 15.9. The number of aromatic hydroxyl groups is 1. The number of pyridine rings is 1. The van der Waals surface area contributed by atoms with E-state index in [0.717, 1.165) is 40.9 Å². The lowest BCUT2D eigenvalue weighted by atomic mass is 10.0. The number of nitrogens with zero attached hydrogens (tertiary/aromatic N) is 3. The molecule has 8 heteroatoms. The van der Waals surface area contributed by atoms with Crippen LogP contribution in [0.2, 0.25) is 0 Å². The Kier molecular flexibility index (Phi) is 4.06. The number of rotatable bonds is 2. The summed E-state index contributed by atoms with van der Waals surface area (Å²) in [6, 6.07) is 10.8. The normalized spacial score (nSPS) is 18.2. The molecule has 0 amide bonds. The van der Waals surface area contributed by atoms with E-state index in [1.54, 1.807) is 24.4 Å². The molecule has 3 heterocycles. The minimum Gasteiger partial charge on any atom is -0.506 e. The van der Waals surface area contributed by atoms with Gasteiger partial charge in [0.25, 0.3) is 0 Å². The molecule has 1 fully saturated rings. The van der Waals surface area contributed by atoms with Crippen molar-refractivity contribution in [1.82, 2.24) is 4.98 Å². The molecule has 150 valence electrons. The summed E-state index contributed by atoms with van der Waals surface area (Å²) in [6.45, 7) is 2.89. The number of phenols is 1. The molecule has 0 atom stereocenters. The van der Waals surface area contributed by atoms with E-state index in [0.29, 0.717) is 30.1 Å². The third kappa shape index (κ3) is 2.86. The minimum atomic E-state index is -3.23. The van der Waals surface area contributed by atoms with Crippen LogP contribution in [-0.4, -0.2) is 50.4 Å². The highest BCUT2D eigenvalue weighted by atomic mass is 32.2. The van der Waals surface area contributed by atoms with E-state index < -0.39 is 9.84 Å². The maximum absolute atomic E-state index is 12.4. The molecule has 29 heavy (non-hydrogen) atoms. The summed E-state index contributed by atoms with van der Waals surface area (Å²) < 4.78 is 24.8. The van der Waals surface area contributed by atoms with Gasteiger partial charge in [0, 0.05) is 31.6 Å². The highest BCUT2D eigenvalue weighted by Crippen LogP contribution is 2.40. The van der Waals surface area contributed by atoms with Crippen molar-refractivity contribution in [2.75, 3.05) is 47.5 Å². The van der Waals surface area contributed by atoms with Gasteiger partial charge in [0.1, 0.15) is 5.75 Å². The second kappa shape index (κ2) is 6.52. The van der Waals surface area contributed by atoms with Crippen molar-refractivity contribution in [3.05, 3.63) is 48.2 Å². The molecule has 3 N–H and O–H groups in total. The molecule has 5 rings (SSSR count). The van der Waals surface area contributed by atoms with E-state index in [1.165, 1.54) is 0 Å². The number of phenolic OH excluding ortho intramolecular Hbond substituents is 1. The Bertz CT molecular complexity index is 1220. The van der Waals surface area contributed by atoms with Gasteiger partial charge in [-0.3, -0.25) is 4.98 Å². The van der Waals surface area contributed by atoms with Crippen LogP contribution in [0.3, 0.4) is 0 Å². The van der Waals surface area contributed by atoms with Crippen LogP contribution in [0, 0.1) is 0 Å². The summed E-state index contributed by atoms with van der Waals surface area (Å²) in [5, 5.41) is 11.0. The van der Waals surface area contributed by atoms with Gasteiger partial charge >= 0.3 is 0 Å². The predicted octanol–water partition coefficient (Wildman–Crippen LogP) is 2.18. The molecule has 0 spiro atoms. The van der Waals surface area contributed by atoms with Crippen molar-refractivity contribution in [2.24, 2.45) is 0 Å². The number of nitrogens with two attached hydrogens (primary N) is 1. The number of benzene rings is 2. The Labute approximate surface area is 169 Å². The summed E-state index contributed by atoms with van der Waals surface area (Å²) >= 11 is 0. The van der Waals surface area contributed by atoms with Crippen LogP contribution in [0.5, 0.6) is 5.75 Å². The zero-order chi connectivity index (χ0) is 20.2. The Morgan fingerprint density at radius 2 is 1.72 bits per heavy atom. The molecule has 7 nitrogen and oxygen atoms in total. The Morgan fingerprint density at radius 1 is 1.00 bits per heavy atom. The molecule has 2 aliphatic heterocycles. The van der Waals surface area contributed by atoms with Crippen LogP contribution in [-0.2, 0) is 16.3 Å². The molecule has 0 aliphatic carbocycles. The largest absolute Gasteiger partial charge is 0.506 e. The molecule has 2 aromatic carbocycles. The molecule has 3 aromatic rings. The van der Waals surface area contributed by atoms with Gasteiger partial charge in [-0.2, -0.15) is 0 Å². The quantitative estimate of drug-likeness (QED) is 0.668. The molecule has 0 unspecified atom stereocenters. The van der Waals surface area contributed by atoms with E-state index in [4.69, 9.17) is 5.73 Å². The van der Waals surface area contributed by atoms with E-state index in [2.05, 4.69) is 14.8 Å². The first-order valence-electron chi connectivity index (χ1n) is 9.66. The van der Waals surface area contributed by atoms with Crippen molar-refractivity contribution in [2.45, 2.75) is 11.3 Å². The highest BCUT2D eigenvalue weighted by Gasteiger charge is 2.31. The summed E-state index contributed by atoms with van der Waals surface area (Å²) in [4.78, 5) is 9.22. The fraction of sp³-hybridized carbons (Fsp3) is 0.286. The molecule has 1 saturated heterocycles. The van der Waals surface area contributed by atoms with Crippen LogP contribution in [0.15, 0.2) is 47.5 Å². The van der Waals surface area contributed by atoms with Crippen LogP contribution in [0.1, 0.15) is 5.56 Å². The maximum Gasteiger partial charge on any atom is 0.179 e. The first kappa shape index (κ1) is 18.1. The molecule has 1 aromatic heterocycles. The van der Waals surface area contributed by atoms with Gasteiger partial charge in [0.15, 0.2) is 9.84 Å². The predicted molar refractivity (Wildman–Crippen MR) is 114 cm³/mol. The van der Waals surface area contributed by atoms with Crippen molar-refractivity contribution >= 4 is 37.8 Å². The van der Waals surface area contributed by atoms with Crippen molar-refractivity contribution in [3.63, 3.8) is 0 Å². The number of aromatic nitrogens is 1. The standard InChI is InChI=1S/C21H22N4O3S/c22-15-13-23-16-5-6-19-14(7-12-29(19,27)28)20(16)21(15)25-10-8-24(9-11-25)17-3-1-2-4-18(17)26/h1-6,13,26H,7-12,22H2. The number of para-hydroxylation sites is 2. The molecule has 2 aliphatic rings. The van der Waals surface area contributed by atoms with Gasteiger partial charge in [-0.05, 0) is 36.2 Å². The zero-order valence-corrected chi connectivity index (χ0v) is 16.7. The van der Waals surface area contributed by atoms with Crippen molar-refractivity contribution < 1.29 is 13.5 Å². The number of sulfone groups is 1. The number of aryl methyl sites for hydroxylation is 1. The van der Waals surface area contributed by atoms with Gasteiger partial charge in [-0.15, -0.1) is 0 Å². The van der Waals surface area contributed by atoms with Crippen LogP contribution in [0.4, 0.5) is 17.1 Å². The minimum absolute atomic E-state index is 0.136. The smallest absolute Gasteiger partial charge is 0.179 e. The second-order valence-electron chi connectivity index (χ2n) is 7.53. The summed E-state index contributed by atoms with van der Waals surface area (Å²) in [7, 11) is -3.23. The number of nitrogen functional groups attached to an aromatic ring is 1. The summed E-state index contributed by atoms with van der Waals surface area (Å²) in [5.41, 5.74) is 10.2. The lowest BCUT2D eigenvalue weighted by Gasteiger charge is -2.38. The third-order valence-electron chi connectivity index (χ3n) is 5.88.